The first-order valence-electron chi connectivity index (χ1n) is 9.38. The maximum absolute atomic E-state index is 12.4. The number of nitrogens with zero attached hydrogens (tertiary/aromatic N) is 2. The third-order valence-corrected chi connectivity index (χ3v) is 5.46. The maximum atomic E-state index is 12.4. The lowest BCUT2D eigenvalue weighted by Gasteiger charge is -2.07. The monoisotopic (exact) mass is 431 g/mol. The molecule has 154 valence electrons. The Kier molecular flexibility index (Phi) is 5.81. The minimum atomic E-state index is -0.629. The van der Waals surface area contributed by atoms with Crippen LogP contribution in [-0.4, -0.2) is 21.1 Å². The summed E-state index contributed by atoms with van der Waals surface area (Å²) < 4.78 is 0. The largest absolute Gasteiger partial charge is 0.502 e. The molecule has 0 aliphatic carbocycles. The van der Waals surface area contributed by atoms with Crippen LogP contribution in [0.25, 0.3) is 6.08 Å². The highest BCUT2D eigenvalue weighted by atomic mass is 32.2. The Morgan fingerprint density at radius 2 is 1.71 bits per heavy atom. The molecule has 3 aromatic rings. The topological polar surface area (TPSA) is 105 Å². The number of benzene rings is 3. The predicted molar refractivity (Wildman–Crippen MR) is 121 cm³/mol. The molecule has 1 amide bonds. The number of hydrogen-bond donors (Lipinski definition) is 2. The second kappa shape index (κ2) is 8.85. The second-order valence-corrected chi connectivity index (χ2v) is 7.82. The predicted octanol–water partition coefficient (Wildman–Crippen LogP) is 4.78. The Labute approximate surface area is 182 Å². The molecule has 0 radical (unpaired) electrons. The Bertz CT molecular complexity index is 1210. The Balaban J connectivity index is 1.68. The molecule has 4 rings (SSSR count). The molecule has 1 fully saturated rings. The van der Waals surface area contributed by atoms with Gasteiger partial charge in [0.25, 0.3) is 5.91 Å². The molecule has 2 N–H and O–H groups in total. The van der Waals surface area contributed by atoms with E-state index in [4.69, 9.17) is 0 Å². The van der Waals surface area contributed by atoms with Crippen LogP contribution < -0.4 is 5.32 Å². The molecule has 1 aliphatic rings. The average molecular weight is 431 g/mol. The van der Waals surface area contributed by atoms with Crippen LogP contribution in [0.3, 0.4) is 0 Å². The summed E-state index contributed by atoms with van der Waals surface area (Å²) in [5.74, 6) is -0.855. The zero-order valence-electron chi connectivity index (χ0n) is 16.2. The van der Waals surface area contributed by atoms with Crippen molar-refractivity contribution in [2.24, 2.45) is 4.99 Å². The van der Waals surface area contributed by atoms with Crippen LogP contribution in [0.2, 0.25) is 0 Å². The van der Waals surface area contributed by atoms with E-state index in [0.29, 0.717) is 22.8 Å². The van der Waals surface area contributed by atoms with E-state index in [9.17, 15) is 20.0 Å². The minimum Gasteiger partial charge on any atom is -0.502 e. The molecule has 3 aromatic carbocycles. The van der Waals surface area contributed by atoms with Crippen LogP contribution in [0.15, 0.2) is 82.7 Å². The first-order valence-corrected chi connectivity index (χ1v) is 10.2. The van der Waals surface area contributed by atoms with Crippen molar-refractivity contribution in [1.29, 1.82) is 0 Å². The summed E-state index contributed by atoms with van der Waals surface area (Å²) in [7, 11) is 0. The number of amides is 1. The first kappa shape index (κ1) is 20.4. The number of nitro benzene ring substituents is 1. The highest BCUT2D eigenvalue weighted by Crippen LogP contribution is 2.36. The molecule has 0 bridgehead atoms. The van der Waals surface area contributed by atoms with Crippen molar-refractivity contribution < 1.29 is 14.8 Å². The Morgan fingerprint density at radius 1 is 1.03 bits per heavy atom. The van der Waals surface area contributed by atoms with E-state index in [-0.39, 0.29) is 16.4 Å². The number of thioether (sulfide) groups is 1. The van der Waals surface area contributed by atoms with Crippen LogP contribution in [0.4, 0.5) is 11.4 Å². The van der Waals surface area contributed by atoms with E-state index in [1.165, 1.54) is 12.1 Å². The lowest BCUT2D eigenvalue weighted by molar-refractivity contribution is -0.385. The van der Waals surface area contributed by atoms with Crippen molar-refractivity contribution in [2.45, 2.75) is 6.42 Å². The van der Waals surface area contributed by atoms with Crippen LogP contribution in [0, 0.1) is 10.1 Å². The van der Waals surface area contributed by atoms with Gasteiger partial charge >= 0.3 is 5.69 Å². The summed E-state index contributed by atoms with van der Waals surface area (Å²) in [6, 6.07) is 21.7. The molecule has 0 atom stereocenters. The average Bonchev–Trinajstić information content (AvgIpc) is 3.10. The van der Waals surface area contributed by atoms with Crippen molar-refractivity contribution in [3.05, 3.63) is 105 Å². The number of nitro groups is 1. The molecule has 1 heterocycles. The number of amidine groups is 1. The number of nitrogens with one attached hydrogen (secondary N) is 1. The Hall–Kier alpha value is -3.91. The first-order chi connectivity index (χ1) is 15.0. The molecule has 0 saturated carbocycles. The van der Waals surface area contributed by atoms with Gasteiger partial charge in [-0.3, -0.25) is 14.9 Å². The molecular weight excluding hydrogens is 414 g/mol. The van der Waals surface area contributed by atoms with Crippen molar-refractivity contribution in [1.82, 2.24) is 5.32 Å². The fourth-order valence-electron chi connectivity index (χ4n) is 3.13. The van der Waals surface area contributed by atoms with Crippen molar-refractivity contribution in [3.8, 4) is 5.75 Å². The van der Waals surface area contributed by atoms with E-state index in [1.54, 1.807) is 6.07 Å². The van der Waals surface area contributed by atoms with Gasteiger partial charge in [0, 0.05) is 11.6 Å². The van der Waals surface area contributed by atoms with Gasteiger partial charge < -0.3 is 10.4 Å². The maximum Gasteiger partial charge on any atom is 0.311 e. The number of carbonyl (C=O) groups is 1. The van der Waals surface area contributed by atoms with Crippen LogP contribution in [0.1, 0.15) is 16.7 Å². The number of hydrogen-bond acceptors (Lipinski definition) is 6. The van der Waals surface area contributed by atoms with Gasteiger partial charge in [-0.15, -0.1) is 0 Å². The third kappa shape index (κ3) is 4.81. The molecule has 0 unspecified atom stereocenters. The number of carbonyl (C=O) groups excluding carboxylic acids is 1. The highest BCUT2D eigenvalue weighted by molar-refractivity contribution is 8.18. The van der Waals surface area contributed by atoms with E-state index in [2.05, 4.69) is 10.3 Å². The van der Waals surface area contributed by atoms with E-state index in [0.717, 1.165) is 17.3 Å². The van der Waals surface area contributed by atoms with Crippen LogP contribution in [0.5, 0.6) is 5.75 Å². The van der Waals surface area contributed by atoms with Crippen molar-refractivity contribution in [2.75, 3.05) is 0 Å². The Morgan fingerprint density at radius 3 is 2.39 bits per heavy atom. The SMILES string of the molecule is O=C1NC(=Nc2ccccc2)S/C1=C/c1cc(Cc2ccccc2)cc([N+](=O)[O-])c1O. The minimum absolute atomic E-state index is 0.207. The van der Waals surface area contributed by atoms with Crippen molar-refractivity contribution in [3.63, 3.8) is 0 Å². The van der Waals surface area contributed by atoms with Crippen molar-refractivity contribution >= 4 is 40.3 Å². The van der Waals surface area contributed by atoms with E-state index < -0.39 is 16.4 Å². The summed E-state index contributed by atoms with van der Waals surface area (Å²) in [6.07, 6.45) is 1.91. The lowest BCUT2D eigenvalue weighted by atomic mass is 10.0. The second-order valence-electron chi connectivity index (χ2n) is 6.79. The number of phenolic OH excluding ortho intramolecular Hbond substituents is 1. The van der Waals surface area contributed by atoms with Gasteiger partial charge in [0.2, 0.25) is 5.75 Å². The zero-order chi connectivity index (χ0) is 21.8. The molecule has 8 heteroatoms. The number of aromatic hydroxyl groups is 1. The van der Waals surface area contributed by atoms with Gasteiger partial charge in [-0.2, -0.15) is 0 Å². The van der Waals surface area contributed by atoms with E-state index >= 15 is 0 Å². The number of aliphatic imine (C=N–C) groups is 1. The van der Waals surface area contributed by atoms with Gasteiger partial charge in [0.05, 0.1) is 15.5 Å². The number of rotatable bonds is 5. The lowest BCUT2D eigenvalue weighted by Crippen LogP contribution is -2.19. The fourth-order valence-corrected chi connectivity index (χ4v) is 3.96. The number of phenols is 1. The van der Waals surface area contributed by atoms with Gasteiger partial charge in [0.1, 0.15) is 0 Å². The highest BCUT2D eigenvalue weighted by Gasteiger charge is 2.26. The van der Waals surface area contributed by atoms with Gasteiger partial charge in [-0.1, -0.05) is 48.5 Å². The summed E-state index contributed by atoms with van der Waals surface area (Å²) in [6.45, 7) is 0. The van der Waals surface area contributed by atoms with Gasteiger partial charge in [-0.25, -0.2) is 4.99 Å². The molecule has 7 nitrogen and oxygen atoms in total. The standard InChI is InChI=1S/C23H17N3O4S/c27-21-17(12-16(13-19(21)26(29)30)11-15-7-3-1-4-8-15)14-20-22(28)25-23(31-20)24-18-9-5-2-6-10-18/h1-10,12-14,27H,11H2,(H,24,25,28)/b20-14+. The van der Waals surface area contributed by atoms with Gasteiger partial charge in [-0.05, 0) is 53.6 Å². The quantitative estimate of drug-likeness (QED) is 0.344. The summed E-state index contributed by atoms with van der Waals surface area (Å²) in [5, 5.41) is 25.0. The molecule has 0 spiro atoms. The smallest absolute Gasteiger partial charge is 0.311 e. The van der Waals surface area contributed by atoms with Crippen LogP contribution in [-0.2, 0) is 11.2 Å². The fraction of sp³-hybridized carbons (Fsp3) is 0.0435. The summed E-state index contributed by atoms with van der Waals surface area (Å²) in [5.41, 5.74) is 2.13. The third-order valence-electron chi connectivity index (χ3n) is 4.55. The molecular formula is C23H17N3O4S. The van der Waals surface area contributed by atoms with Gasteiger partial charge in [0.15, 0.2) is 5.17 Å². The molecule has 0 aromatic heterocycles. The molecule has 1 aliphatic heterocycles. The summed E-state index contributed by atoms with van der Waals surface area (Å²) >= 11 is 1.11. The van der Waals surface area contributed by atoms with E-state index in [1.807, 2.05) is 60.7 Å². The normalized spacial score (nSPS) is 15.9. The van der Waals surface area contributed by atoms with Crippen LogP contribution >= 0.6 is 11.8 Å². The molecule has 31 heavy (non-hydrogen) atoms. The number of para-hydroxylation sites is 1. The zero-order valence-corrected chi connectivity index (χ0v) is 17.0. The molecule has 1 saturated heterocycles. The summed E-state index contributed by atoms with van der Waals surface area (Å²) in [4.78, 5) is 27.9.